The van der Waals surface area contributed by atoms with Gasteiger partial charge in [0.25, 0.3) is 0 Å². The average Bonchev–Trinajstić information content (AvgIpc) is 2.67. The standard InChI is InChI=1S/C20H29NO4/c1-16-6-3-4-7-18(16)25-15-20(23-2)10-5-11-21(14-20)19(22)17-8-12-24-13-9-17/h3-4,6-7,17H,5,8-15H2,1-2H3. The molecule has 2 saturated heterocycles. The van der Waals surface area contributed by atoms with Gasteiger partial charge in [-0.25, -0.2) is 0 Å². The lowest BCUT2D eigenvalue weighted by molar-refractivity contribution is -0.150. The third-order valence-corrected chi connectivity index (χ3v) is 5.44. The molecule has 2 aliphatic heterocycles. The molecular formula is C20H29NO4. The van der Waals surface area contributed by atoms with Gasteiger partial charge in [0.1, 0.15) is 18.0 Å². The summed E-state index contributed by atoms with van der Waals surface area (Å²) in [5.41, 5.74) is 0.682. The molecule has 2 heterocycles. The van der Waals surface area contributed by atoms with Crippen molar-refractivity contribution < 1.29 is 19.0 Å². The summed E-state index contributed by atoms with van der Waals surface area (Å²) < 4.78 is 17.3. The molecule has 1 atom stereocenters. The highest BCUT2D eigenvalue weighted by Gasteiger charge is 2.40. The number of rotatable bonds is 5. The van der Waals surface area contributed by atoms with E-state index in [2.05, 4.69) is 0 Å². The van der Waals surface area contributed by atoms with Gasteiger partial charge in [0.2, 0.25) is 5.91 Å². The fourth-order valence-corrected chi connectivity index (χ4v) is 3.76. The molecule has 0 spiro atoms. The number of aryl methyl sites for hydroxylation is 1. The van der Waals surface area contributed by atoms with Crippen molar-refractivity contribution in [1.82, 2.24) is 4.90 Å². The molecular weight excluding hydrogens is 318 g/mol. The molecule has 3 rings (SSSR count). The van der Waals surface area contributed by atoms with Crippen molar-refractivity contribution in [2.45, 2.75) is 38.2 Å². The SMILES string of the molecule is COC1(COc2ccccc2C)CCCN(C(=O)C2CCOCC2)C1. The van der Waals surface area contributed by atoms with E-state index in [1.165, 1.54) is 0 Å². The van der Waals surface area contributed by atoms with Gasteiger partial charge in [-0.05, 0) is 44.2 Å². The lowest BCUT2D eigenvalue weighted by Gasteiger charge is -2.42. The van der Waals surface area contributed by atoms with Crippen LogP contribution in [0.15, 0.2) is 24.3 Å². The van der Waals surface area contributed by atoms with Crippen LogP contribution in [-0.2, 0) is 14.3 Å². The van der Waals surface area contributed by atoms with Gasteiger partial charge >= 0.3 is 0 Å². The first-order chi connectivity index (χ1) is 12.1. The topological polar surface area (TPSA) is 48.0 Å². The lowest BCUT2D eigenvalue weighted by Crippen LogP contribution is -2.55. The summed E-state index contributed by atoms with van der Waals surface area (Å²) in [4.78, 5) is 14.8. The first-order valence-electron chi connectivity index (χ1n) is 9.24. The molecule has 0 aromatic heterocycles. The Morgan fingerprint density at radius 2 is 2.08 bits per heavy atom. The molecule has 1 aromatic rings. The third-order valence-electron chi connectivity index (χ3n) is 5.44. The van der Waals surface area contributed by atoms with E-state index in [4.69, 9.17) is 14.2 Å². The number of carbonyl (C=O) groups excluding carboxylic acids is 1. The monoisotopic (exact) mass is 347 g/mol. The second-order valence-corrected chi connectivity index (χ2v) is 7.19. The van der Waals surface area contributed by atoms with Crippen LogP contribution in [0.5, 0.6) is 5.75 Å². The number of methoxy groups -OCH3 is 1. The van der Waals surface area contributed by atoms with E-state index in [9.17, 15) is 4.79 Å². The number of carbonyl (C=O) groups is 1. The highest BCUT2D eigenvalue weighted by atomic mass is 16.5. The van der Waals surface area contributed by atoms with Crippen LogP contribution in [0.25, 0.3) is 0 Å². The van der Waals surface area contributed by atoms with Gasteiger partial charge in [0.15, 0.2) is 0 Å². The maximum absolute atomic E-state index is 12.9. The Balaban J connectivity index is 1.64. The van der Waals surface area contributed by atoms with E-state index in [1.54, 1.807) is 7.11 Å². The molecule has 25 heavy (non-hydrogen) atoms. The number of hydrogen-bond donors (Lipinski definition) is 0. The molecule has 1 aromatic carbocycles. The first kappa shape index (κ1) is 18.2. The fourth-order valence-electron chi connectivity index (χ4n) is 3.76. The largest absolute Gasteiger partial charge is 0.490 e. The van der Waals surface area contributed by atoms with Gasteiger partial charge in [-0.2, -0.15) is 0 Å². The summed E-state index contributed by atoms with van der Waals surface area (Å²) in [7, 11) is 1.73. The van der Waals surface area contributed by atoms with E-state index in [-0.39, 0.29) is 11.8 Å². The highest BCUT2D eigenvalue weighted by Crippen LogP contribution is 2.29. The van der Waals surface area contributed by atoms with Crippen LogP contribution in [0.4, 0.5) is 0 Å². The average molecular weight is 347 g/mol. The van der Waals surface area contributed by atoms with Crippen LogP contribution in [-0.4, -0.2) is 56.4 Å². The summed E-state index contributed by atoms with van der Waals surface area (Å²) in [5, 5.41) is 0. The van der Waals surface area contributed by atoms with Gasteiger partial charge in [-0.15, -0.1) is 0 Å². The smallest absolute Gasteiger partial charge is 0.225 e. The zero-order valence-corrected chi connectivity index (χ0v) is 15.3. The third kappa shape index (κ3) is 4.33. The number of amides is 1. The lowest BCUT2D eigenvalue weighted by atomic mass is 9.91. The van der Waals surface area contributed by atoms with Gasteiger partial charge in [-0.1, -0.05) is 18.2 Å². The summed E-state index contributed by atoms with van der Waals surface area (Å²) in [6, 6.07) is 8.00. The van der Waals surface area contributed by atoms with Crippen molar-refractivity contribution >= 4 is 5.91 Å². The summed E-state index contributed by atoms with van der Waals surface area (Å²) in [5.74, 6) is 1.23. The zero-order chi connectivity index (χ0) is 17.7. The van der Waals surface area contributed by atoms with Gasteiger partial charge < -0.3 is 19.1 Å². The van der Waals surface area contributed by atoms with E-state index in [1.807, 2.05) is 36.1 Å². The Kier molecular flexibility index (Phi) is 5.97. The molecule has 0 bridgehead atoms. The van der Waals surface area contributed by atoms with Crippen LogP contribution in [0.1, 0.15) is 31.2 Å². The second-order valence-electron chi connectivity index (χ2n) is 7.19. The number of benzene rings is 1. The van der Waals surface area contributed by atoms with E-state index < -0.39 is 5.60 Å². The number of hydrogen-bond acceptors (Lipinski definition) is 4. The predicted octanol–water partition coefficient (Wildman–Crippen LogP) is 2.81. The normalized spacial score (nSPS) is 25.0. The van der Waals surface area contributed by atoms with E-state index >= 15 is 0 Å². The highest BCUT2D eigenvalue weighted by molar-refractivity contribution is 5.79. The Labute approximate surface area is 150 Å². The molecule has 1 amide bonds. The molecule has 1 unspecified atom stereocenters. The van der Waals surface area contributed by atoms with E-state index in [0.29, 0.717) is 26.4 Å². The van der Waals surface area contributed by atoms with Crippen molar-refractivity contribution in [3.63, 3.8) is 0 Å². The van der Waals surface area contributed by atoms with Gasteiger partial charge in [0, 0.05) is 32.8 Å². The molecule has 0 aliphatic carbocycles. The minimum absolute atomic E-state index is 0.0960. The number of para-hydroxylation sites is 1. The van der Waals surface area contributed by atoms with Crippen LogP contribution >= 0.6 is 0 Å². The molecule has 2 aliphatic rings. The summed E-state index contributed by atoms with van der Waals surface area (Å²) in [6.45, 7) is 5.30. The van der Waals surface area contributed by atoms with Crippen LogP contribution in [0.3, 0.4) is 0 Å². The summed E-state index contributed by atoms with van der Waals surface area (Å²) in [6.07, 6.45) is 3.51. The fraction of sp³-hybridized carbons (Fsp3) is 0.650. The maximum atomic E-state index is 12.9. The molecule has 0 saturated carbocycles. The minimum Gasteiger partial charge on any atom is -0.490 e. The quantitative estimate of drug-likeness (QED) is 0.822. The number of ether oxygens (including phenoxy) is 3. The second kappa shape index (κ2) is 8.19. The predicted molar refractivity (Wildman–Crippen MR) is 95.8 cm³/mol. The Hall–Kier alpha value is -1.59. The summed E-state index contributed by atoms with van der Waals surface area (Å²) >= 11 is 0. The Morgan fingerprint density at radius 1 is 1.32 bits per heavy atom. The van der Waals surface area contributed by atoms with Gasteiger partial charge in [0.05, 0.1) is 6.54 Å². The van der Waals surface area contributed by atoms with Crippen LogP contribution in [0, 0.1) is 12.8 Å². The van der Waals surface area contributed by atoms with Crippen LogP contribution in [0.2, 0.25) is 0 Å². The van der Waals surface area contributed by atoms with Crippen molar-refractivity contribution in [2.75, 3.05) is 40.0 Å². The molecule has 2 fully saturated rings. The number of nitrogens with zero attached hydrogens (tertiary/aromatic N) is 1. The molecule has 138 valence electrons. The van der Waals surface area contributed by atoms with Crippen molar-refractivity contribution in [3.05, 3.63) is 29.8 Å². The molecule has 5 heteroatoms. The van der Waals surface area contributed by atoms with E-state index in [0.717, 1.165) is 43.5 Å². The number of likely N-dealkylation sites (tertiary alicyclic amines) is 1. The van der Waals surface area contributed by atoms with Crippen LogP contribution < -0.4 is 4.74 Å². The molecule has 0 N–H and O–H groups in total. The number of piperidine rings is 1. The Bertz CT molecular complexity index is 585. The minimum atomic E-state index is -0.429. The first-order valence-corrected chi connectivity index (χ1v) is 9.24. The maximum Gasteiger partial charge on any atom is 0.225 e. The zero-order valence-electron chi connectivity index (χ0n) is 15.3. The molecule has 0 radical (unpaired) electrons. The van der Waals surface area contributed by atoms with Crippen molar-refractivity contribution in [2.24, 2.45) is 5.92 Å². The van der Waals surface area contributed by atoms with Crippen molar-refractivity contribution in [3.8, 4) is 5.75 Å². The van der Waals surface area contributed by atoms with Crippen molar-refractivity contribution in [1.29, 1.82) is 0 Å². The molecule has 5 nitrogen and oxygen atoms in total. The Morgan fingerprint density at radius 3 is 2.80 bits per heavy atom. The van der Waals surface area contributed by atoms with Gasteiger partial charge in [-0.3, -0.25) is 4.79 Å².